The highest BCUT2D eigenvalue weighted by Gasteiger charge is 2.34. The largest absolute Gasteiger partial charge is 0.493 e. The van der Waals surface area contributed by atoms with Gasteiger partial charge in [0.1, 0.15) is 10.8 Å². The Morgan fingerprint density at radius 1 is 1.21 bits per heavy atom. The van der Waals surface area contributed by atoms with E-state index in [1.807, 2.05) is 0 Å². The molecule has 1 saturated heterocycles. The molecule has 39 heavy (non-hydrogen) atoms. The first kappa shape index (κ1) is 28.0. The van der Waals surface area contributed by atoms with Crippen LogP contribution in [0.4, 0.5) is 13.2 Å². The number of amides is 1. The Kier molecular flexibility index (Phi) is 8.82. The normalized spacial score (nSPS) is 16.7. The predicted octanol–water partition coefficient (Wildman–Crippen LogP) is 5.07. The number of halogens is 3. The second-order valence-electron chi connectivity index (χ2n) is 8.74. The van der Waals surface area contributed by atoms with Gasteiger partial charge in [0.05, 0.1) is 25.2 Å². The Labute approximate surface area is 226 Å². The van der Waals surface area contributed by atoms with Crippen molar-refractivity contribution >= 4 is 29.7 Å². The number of carbonyl (C=O) groups is 1. The summed E-state index contributed by atoms with van der Waals surface area (Å²) in [6.45, 7) is 5.33. The van der Waals surface area contributed by atoms with Crippen LogP contribution in [0.5, 0.6) is 5.75 Å². The van der Waals surface area contributed by atoms with Crippen molar-refractivity contribution < 1.29 is 27.4 Å². The lowest BCUT2D eigenvalue weighted by molar-refractivity contribution is -0.145. The van der Waals surface area contributed by atoms with Gasteiger partial charge >= 0.3 is 6.18 Å². The van der Waals surface area contributed by atoms with E-state index in [0.717, 1.165) is 31.2 Å². The molecule has 3 N–H and O–H groups in total. The molecule has 1 amide bonds. The third-order valence-corrected chi connectivity index (χ3v) is 7.09. The van der Waals surface area contributed by atoms with Gasteiger partial charge < -0.3 is 25.6 Å². The minimum absolute atomic E-state index is 0.225. The third-order valence-electron chi connectivity index (χ3n) is 5.94. The zero-order valence-corrected chi connectivity index (χ0v) is 21.4. The smallest absolute Gasteiger partial charge is 0.451 e. The molecule has 3 heterocycles. The first-order valence-electron chi connectivity index (χ1n) is 11.9. The zero-order chi connectivity index (χ0) is 28.0. The van der Waals surface area contributed by atoms with E-state index in [2.05, 4.69) is 26.8 Å². The van der Waals surface area contributed by atoms with E-state index in [0.29, 0.717) is 41.0 Å². The number of alkyl halides is 3. The standard InChI is InChI=1S/C26H25F3N6O3S/c1-2-21(19-10-33-25(34-11-19)26(27,28)29)35-23(36)16-5-17(24-32-12-22(39-24)18(8-30)9-31)7-20(6-16)38-14-15-3-4-37-13-15/h2,5-12,15,18,21,30-31H,1,3-4,13-14H2,(H,35,36)/t15-,18?,21-/m1/s1. The van der Waals surface area contributed by atoms with E-state index in [1.165, 1.54) is 17.4 Å². The first-order chi connectivity index (χ1) is 18.7. The number of carbonyl (C=O) groups excluding carboxylic acids is 1. The summed E-state index contributed by atoms with van der Waals surface area (Å²) >= 11 is 1.29. The van der Waals surface area contributed by atoms with Gasteiger partial charge in [-0.25, -0.2) is 15.0 Å². The van der Waals surface area contributed by atoms with Gasteiger partial charge in [-0.3, -0.25) is 4.79 Å². The minimum atomic E-state index is -4.68. The summed E-state index contributed by atoms with van der Waals surface area (Å²) in [5, 5.41) is 18.3. The number of benzene rings is 1. The molecule has 2 aromatic heterocycles. The van der Waals surface area contributed by atoms with Crippen LogP contribution in [0, 0.1) is 16.7 Å². The fraction of sp³-hybridized carbons (Fsp3) is 0.308. The van der Waals surface area contributed by atoms with Gasteiger partial charge in [0.25, 0.3) is 5.91 Å². The van der Waals surface area contributed by atoms with Crippen LogP contribution in [0.1, 0.15) is 45.0 Å². The molecule has 1 aliphatic rings. The van der Waals surface area contributed by atoms with E-state index < -0.39 is 29.9 Å². The average Bonchev–Trinajstić information content (AvgIpc) is 3.64. The number of thiazole rings is 1. The number of aromatic nitrogens is 3. The maximum absolute atomic E-state index is 13.3. The highest BCUT2D eigenvalue weighted by molar-refractivity contribution is 7.15. The lowest BCUT2D eigenvalue weighted by Crippen LogP contribution is -2.28. The summed E-state index contributed by atoms with van der Waals surface area (Å²) in [5.41, 5.74) is 1.06. The second-order valence-corrected chi connectivity index (χ2v) is 9.80. The van der Waals surface area contributed by atoms with Crippen LogP contribution < -0.4 is 10.1 Å². The quantitative estimate of drug-likeness (QED) is 0.222. The Hall–Kier alpha value is -3.97. The fourth-order valence-electron chi connectivity index (χ4n) is 3.80. The molecule has 0 aliphatic carbocycles. The van der Waals surface area contributed by atoms with Crippen LogP contribution in [0.25, 0.3) is 10.6 Å². The molecule has 9 nitrogen and oxygen atoms in total. The maximum Gasteiger partial charge on any atom is 0.451 e. The third kappa shape index (κ3) is 6.92. The molecule has 0 unspecified atom stereocenters. The highest BCUT2D eigenvalue weighted by Crippen LogP contribution is 2.33. The van der Waals surface area contributed by atoms with E-state index in [4.69, 9.17) is 20.3 Å². The summed E-state index contributed by atoms with van der Waals surface area (Å²) in [5.74, 6) is -1.64. The van der Waals surface area contributed by atoms with Crippen molar-refractivity contribution in [2.24, 2.45) is 5.92 Å². The number of rotatable bonds is 11. The number of hydrogen-bond donors (Lipinski definition) is 3. The molecule has 3 aromatic rings. The first-order valence-corrected chi connectivity index (χ1v) is 12.7. The number of nitrogens with zero attached hydrogens (tertiary/aromatic N) is 3. The predicted molar refractivity (Wildman–Crippen MR) is 140 cm³/mol. The molecule has 204 valence electrons. The van der Waals surface area contributed by atoms with Crippen LogP contribution in [0.15, 0.2) is 49.4 Å². The summed E-state index contributed by atoms with van der Waals surface area (Å²) < 4.78 is 49.9. The number of ether oxygens (including phenoxy) is 2. The molecule has 1 aliphatic heterocycles. The molecule has 2 atom stereocenters. The van der Waals surface area contributed by atoms with Crippen molar-refractivity contribution in [2.75, 3.05) is 19.8 Å². The van der Waals surface area contributed by atoms with Crippen LogP contribution in [0.3, 0.4) is 0 Å². The monoisotopic (exact) mass is 558 g/mol. The summed E-state index contributed by atoms with van der Waals surface area (Å²) in [7, 11) is 0. The Bertz CT molecular complexity index is 1330. The molecule has 0 radical (unpaired) electrons. The Morgan fingerprint density at radius 2 is 1.95 bits per heavy atom. The summed E-state index contributed by atoms with van der Waals surface area (Å²) in [6.07, 6.45) is 3.43. The van der Waals surface area contributed by atoms with E-state index in [-0.39, 0.29) is 17.0 Å². The van der Waals surface area contributed by atoms with Gasteiger partial charge in [0.2, 0.25) is 5.82 Å². The summed E-state index contributed by atoms with van der Waals surface area (Å²) in [6, 6.07) is 4.10. The van der Waals surface area contributed by atoms with Gasteiger partial charge in [-0.1, -0.05) is 6.08 Å². The summed E-state index contributed by atoms with van der Waals surface area (Å²) in [4.78, 5) is 25.1. The Balaban J connectivity index is 1.60. The second kappa shape index (κ2) is 12.3. The lowest BCUT2D eigenvalue weighted by atomic mass is 10.1. The van der Waals surface area contributed by atoms with Gasteiger partial charge in [0.15, 0.2) is 0 Å². The van der Waals surface area contributed by atoms with Gasteiger partial charge in [-0.15, -0.1) is 17.9 Å². The zero-order valence-electron chi connectivity index (χ0n) is 20.6. The van der Waals surface area contributed by atoms with Crippen LogP contribution >= 0.6 is 11.3 Å². The molecule has 0 spiro atoms. The number of hydrogen-bond acceptors (Lipinski definition) is 9. The number of nitrogens with one attached hydrogen (secondary N) is 3. The van der Waals surface area contributed by atoms with Crippen molar-refractivity contribution in [3.05, 3.63) is 71.3 Å². The molecule has 4 rings (SSSR count). The van der Waals surface area contributed by atoms with Gasteiger partial charge in [0, 0.05) is 65.1 Å². The fourth-order valence-corrected chi connectivity index (χ4v) is 4.74. The van der Waals surface area contributed by atoms with E-state index >= 15 is 0 Å². The maximum atomic E-state index is 13.3. The van der Waals surface area contributed by atoms with Crippen molar-refractivity contribution in [1.82, 2.24) is 20.3 Å². The average molecular weight is 559 g/mol. The van der Waals surface area contributed by atoms with Gasteiger partial charge in [-0.2, -0.15) is 13.2 Å². The molecule has 1 fully saturated rings. The molecular weight excluding hydrogens is 533 g/mol. The van der Waals surface area contributed by atoms with E-state index in [9.17, 15) is 18.0 Å². The van der Waals surface area contributed by atoms with E-state index in [1.54, 1.807) is 24.4 Å². The van der Waals surface area contributed by atoms with Crippen LogP contribution in [0.2, 0.25) is 0 Å². The van der Waals surface area contributed by atoms with Crippen LogP contribution in [-0.2, 0) is 10.9 Å². The molecular formula is C26H25F3N6O3S. The van der Waals surface area contributed by atoms with Gasteiger partial charge in [-0.05, 0) is 24.6 Å². The topological polar surface area (TPSA) is 134 Å². The van der Waals surface area contributed by atoms with Crippen molar-refractivity contribution in [2.45, 2.75) is 24.6 Å². The van der Waals surface area contributed by atoms with Crippen molar-refractivity contribution in [3.63, 3.8) is 0 Å². The molecule has 1 aromatic carbocycles. The van der Waals surface area contributed by atoms with Crippen LogP contribution in [-0.4, -0.2) is 53.1 Å². The van der Waals surface area contributed by atoms with Crippen molar-refractivity contribution in [3.8, 4) is 16.3 Å². The molecule has 0 saturated carbocycles. The Morgan fingerprint density at radius 3 is 2.56 bits per heavy atom. The van der Waals surface area contributed by atoms with Crippen molar-refractivity contribution in [1.29, 1.82) is 10.8 Å². The highest BCUT2D eigenvalue weighted by atomic mass is 32.1. The molecule has 13 heteroatoms. The lowest BCUT2D eigenvalue weighted by Gasteiger charge is -2.17. The SMILES string of the molecule is C=C[C@@H](NC(=O)c1cc(OC[C@@H]2CCOC2)cc(-c2ncc(C(C=N)C=N)s2)c1)c1cnc(C(F)(F)F)nc1. The minimum Gasteiger partial charge on any atom is -0.493 e. The molecule has 0 bridgehead atoms.